The van der Waals surface area contributed by atoms with Crippen LogP contribution in [0.3, 0.4) is 0 Å². The minimum atomic E-state index is -3.80. The number of nitrogens with zero attached hydrogens (tertiary/aromatic N) is 1. The van der Waals surface area contributed by atoms with Gasteiger partial charge in [0.1, 0.15) is 18.0 Å². The zero-order valence-electron chi connectivity index (χ0n) is 15.5. The first-order chi connectivity index (χ1) is 13.2. The van der Waals surface area contributed by atoms with Crippen LogP contribution in [0.5, 0.6) is 11.5 Å². The first-order valence-corrected chi connectivity index (χ1v) is 10.7. The van der Waals surface area contributed by atoms with Crippen molar-refractivity contribution in [2.45, 2.75) is 6.54 Å². The van der Waals surface area contributed by atoms with Gasteiger partial charge in [-0.3, -0.25) is 9.10 Å². The van der Waals surface area contributed by atoms with E-state index in [1.807, 2.05) is 0 Å². The predicted octanol–water partition coefficient (Wildman–Crippen LogP) is 3.09. The summed E-state index contributed by atoms with van der Waals surface area (Å²) in [5, 5.41) is 3.52. The van der Waals surface area contributed by atoms with Crippen molar-refractivity contribution in [2.24, 2.45) is 0 Å². The topological polar surface area (TPSA) is 84.9 Å². The molecule has 2 aromatic carbocycles. The molecular formula is C18H20Cl2N2O5S. The Bertz CT molecular complexity index is 949. The molecule has 10 heteroatoms. The molecular weight excluding hydrogens is 427 g/mol. The molecule has 2 rings (SSSR count). The van der Waals surface area contributed by atoms with Gasteiger partial charge in [-0.2, -0.15) is 0 Å². The minimum absolute atomic E-state index is 0.146. The highest BCUT2D eigenvalue weighted by Crippen LogP contribution is 2.38. The van der Waals surface area contributed by atoms with Gasteiger partial charge >= 0.3 is 0 Å². The normalized spacial score (nSPS) is 11.0. The Kier molecular flexibility index (Phi) is 7.40. The van der Waals surface area contributed by atoms with Crippen LogP contribution in [-0.4, -0.2) is 41.3 Å². The number of hydrogen-bond donors (Lipinski definition) is 1. The van der Waals surface area contributed by atoms with Crippen LogP contribution in [0.1, 0.15) is 5.56 Å². The Morgan fingerprint density at radius 1 is 1.07 bits per heavy atom. The number of halogens is 2. The van der Waals surface area contributed by atoms with Gasteiger partial charge in [0.25, 0.3) is 0 Å². The molecule has 0 heterocycles. The van der Waals surface area contributed by atoms with Crippen molar-refractivity contribution in [1.82, 2.24) is 5.32 Å². The number of nitrogens with one attached hydrogen (secondary N) is 1. The van der Waals surface area contributed by atoms with E-state index < -0.39 is 22.5 Å². The lowest BCUT2D eigenvalue weighted by Gasteiger charge is -2.24. The predicted molar refractivity (Wildman–Crippen MR) is 110 cm³/mol. The third-order valence-corrected chi connectivity index (χ3v) is 5.49. The van der Waals surface area contributed by atoms with Gasteiger partial charge in [-0.1, -0.05) is 35.3 Å². The van der Waals surface area contributed by atoms with E-state index >= 15 is 0 Å². The second-order valence-electron chi connectivity index (χ2n) is 5.83. The number of carbonyl (C=O) groups is 1. The molecule has 0 saturated heterocycles. The summed E-state index contributed by atoms with van der Waals surface area (Å²) >= 11 is 11.9. The molecule has 0 spiro atoms. The Morgan fingerprint density at radius 2 is 1.68 bits per heavy atom. The van der Waals surface area contributed by atoms with Gasteiger partial charge in [0.05, 0.1) is 31.2 Å². The zero-order valence-corrected chi connectivity index (χ0v) is 17.9. The van der Waals surface area contributed by atoms with Crippen molar-refractivity contribution in [2.75, 3.05) is 31.3 Å². The number of ether oxygens (including phenoxy) is 2. The average Bonchev–Trinajstić information content (AvgIpc) is 2.64. The van der Waals surface area contributed by atoms with Crippen molar-refractivity contribution in [3.63, 3.8) is 0 Å². The fraction of sp³-hybridized carbons (Fsp3) is 0.278. The quantitative estimate of drug-likeness (QED) is 0.673. The first-order valence-electron chi connectivity index (χ1n) is 8.06. The fourth-order valence-electron chi connectivity index (χ4n) is 2.41. The maximum Gasteiger partial charge on any atom is 0.241 e. The third-order valence-electron chi connectivity index (χ3n) is 3.81. The monoisotopic (exact) mass is 446 g/mol. The van der Waals surface area contributed by atoms with Crippen LogP contribution in [0.2, 0.25) is 10.0 Å². The van der Waals surface area contributed by atoms with Crippen molar-refractivity contribution < 1.29 is 22.7 Å². The van der Waals surface area contributed by atoms with E-state index in [1.165, 1.54) is 26.4 Å². The number of methoxy groups -OCH3 is 2. The Balaban J connectivity index is 2.25. The van der Waals surface area contributed by atoms with Crippen LogP contribution in [0.4, 0.5) is 5.69 Å². The number of benzene rings is 2. The van der Waals surface area contributed by atoms with Crippen LogP contribution in [0, 0.1) is 0 Å². The molecule has 7 nitrogen and oxygen atoms in total. The molecule has 1 N–H and O–H groups in total. The largest absolute Gasteiger partial charge is 0.495 e. The maximum atomic E-state index is 12.4. The second-order valence-corrected chi connectivity index (χ2v) is 8.58. The summed E-state index contributed by atoms with van der Waals surface area (Å²) in [7, 11) is -1.01. The lowest BCUT2D eigenvalue weighted by Crippen LogP contribution is -2.40. The molecule has 0 fully saturated rings. The smallest absolute Gasteiger partial charge is 0.241 e. The maximum absolute atomic E-state index is 12.4. The molecule has 0 aromatic heterocycles. The number of sulfonamides is 1. The van der Waals surface area contributed by atoms with E-state index in [4.69, 9.17) is 32.7 Å². The Labute approximate surface area is 174 Å². The molecule has 2 aromatic rings. The van der Waals surface area contributed by atoms with E-state index in [1.54, 1.807) is 24.3 Å². The molecule has 0 bridgehead atoms. The summed E-state index contributed by atoms with van der Waals surface area (Å²) in [6, 6.07) is 9.79. The second kappa shape index (κ2) is 9.36. The van der Waals surface area contributed by atoms with Crippen molar-refractivity contribution in [3.05, 3.63) is 52.0 Å². The number of amides is 1. The van der Waals surface area contributed by atoms with E-state index in [2.05, 4.69) is 5.32 Å². The standard InChI is InChI=1S/C18H20Cl2N2O5S/c1-26-16-9-15(17(27-2)8-14(16)20)22(28(3,24)25)11-18(23)21-10-12-4-6-13(19)7-5-12/h4-9H,10-11H2,1-3H3,(H,21,23). The van der Waals surface area contributed by atoms with Gasteiger partial charge in [-0.05, 0) is 17.7 Å². The molecule has 0 aliphatic carbocycles. The number of anilines is 1. The van der Waals surface area contributed by atoms with Crippen molar-refractivity contribution >= 4 is 44.8 Å². The van der Waals surface area contributed by atoms with E-state index in [9.17, 15) is 13.2 Å². The molecule has 1 amide bonds. The molecule has 0 radical (unpaired) electrons. The Morgan fingerprint density at radius 3 is 2.21 bits per heavy atom. The van der Waals surface area contributed by atoms with Crippen LogP contribution >= 0.6 is 23.2 Å². The molecule has 0 aliphatic rings. The molecule has 0 unspecified atom stereocenters. The van der Waals surface area contributed by atoms with Crippen LogP contribution in [-0.2, 0) is 21.4 Å². The number of rotatable bonds is 8. The van der Waals surface area contributed by atoms with Gasteiger partial charge < -0.3 is 14.8 Å². The van der Waals surface area contributed by atoms with E-state index in [-0.39, 0.29) is 28.8 Å². The first kappa shape index (κ1) is 22.1. The van der Waals surface area contributed by atoms with Gasteiger partial charge in [0.15, 0.2) is 0 Å². The van der Waals surface area contributed by atoms with Gasteiger partial charge in [0.2, 0.25) is 15.9 Å². The van der Waals surface area contributed by atoms with Gasteiger partial charge in [-0.15, -0.1) is 0 Å². The third kappa shape index (κ3) is 5.67. The average molecular weight is 447 g/mol. The number of carbonyl (C=O) groups excluding carboxylic acids is 1. The summed E-state index contributed by atoms with van der Waals surface area (Å²) in [5.41, 5.74) is 0.974. The van der Waals surface area contributed by atoms with Crippen LogP contribution in [0.25, 0.3) is 0 Å². The Hall–Kier alpha value is -2.16. The lowest BCUT2D eigenvalue weighted by atomic mass is 10.2. The molecule has 0 saturated carbocycles. The van der Waals surface area contributed by atoms with Gasteiger partial charge in [0, 0.05) is 23.7 Å². The summed E-state index contributed by atoms with van der Waals surface area (Å²) in [5.74, 6) is -0.0363. The molecule has 0 atom stereocenters. The van der Waals surface area contributed by atoms with Crippen molar-refractivity contribution in [1.29, 1.82) is 0 Å². The minimum Gasteiger partial charge on any atom is -0.495 e. The molecule has 152 valence electrons. The van der Waals surface area contributed by atoms with Crippen molar-refractivity contribution in [3.8, 4) is 11.5 Å². The summed E-state index contributed by atoms with van der Waals surface area (Å²) < 4.78 is 36.0. The van der Waals surface area contributed by atoms with Gasteiger partial charge in [-0.25, -0.2) is 8.42 Å². The lowest BCUT2D eigenvalue weighted by molar-refractivity contribution is -0.119. The summed E-state index contributed by atoms with van der Waals surface area (Å²) in [6.45, 7) is -0.206. The zero-order chi connectivity index (χ0) is 20.9. The van der Waals surface area contributed by atoms with E-state index in [0.29, 0.717) is 5.02 Å². The highest BCUT2D eigenvalue weighted by Gasteiger charge is 2.25. The highest BCUT2D eigenvalue weighted by molar-refractivity contribution is 7.92. The van der Waals surface area contributed by atoms with Crippen LogP contribution < -0.4 is 19.1 Å². The fourth-order valence-corrected chi connectivity index (χ4v) is 3.62. The van der Waals surface area contributed by atoms with Crippen LogP contribution in [0.15, 0.2) is 36.4 Å². The summed E-state index contributed by atoms with van der Waals surface area (Å²) in [4.78, 5) is 12.4. The number of hydrogen-bond acceptors (Lipinski definition) is 5. The summed E-state index contributed by atoms with van der Waals surface area (Å²) in [6.07, 6.45) is 1.000. The molecule has 0 aliphatic heterocycles. The van der Waals surface area contributed by atoms with E-state index in [0.717, 1.165) is 16.1 Å². The SMILES string of the molecule is COc1cc(N(CC(=O)NCc2ccc(Cl)cc2)S(C)(=O)=O)c(OC)cc1Cl. The molecule has 28 heavy (non-hydrogen) atoms. The highest BCUT2D eigenvalue weighted by atomic mass is 35.5.